The van der Waals surface area contributed by atoms with Crippen LogP contribution < -0.4 is 5.32 Å². The zero-order chi connectivity index (χ0) is 12.3. The minimum absolute atomic E-state index is 0.423. The van der Waals surface area contributed by atoms with Crippen LogP contribution >= 0.6 is 0 Å². The van der Waals surface area contributed by atoms with E-state index in [4.69, 9.17) is 0 Å². The summed E-state index contributed by atoms with van der Waals surface area (Å²) in [7, 11) is 0. The zero-order valence-electron chi connectivity index (χ0n) is 10.4. The highest BCUT2D eigenvalue weighted by Crippen LogP contribution is 2.13. The third-order valence-corrected chi connectivity index (χ3v) is 2.41. The van der Waals surface area contributed by atoms with E-state index in [0.717, 1.165) is 18.1 Å². The summed E-state index contributed by atoms with van der Waals surface area (Å²) < 4.78 is 1.78. The molecule has 90 valence electrons. The van der Waals surface area contributed by atoms with Crippen molar-refractivity contribution in [2.24, 2.45) is 0 Å². The number of hydrogen-bond acceptors (Lipinski definition) is 4. The van der Waals surface area contributed by atoms with Gasteiger partial charge >= 0.3 is 0 Å². The van der Waals surface area contributed by atoms with E-state index >= 15 is 0 Å². The largest absolute Gasteiger partial charge is 0.354 e. The Labute approximate surface area is 101 Å². The van der Waals surface area contributed by atoms with Gasteiger partial charge in [0.2, 0.25) is 5.95 Å². The number of hydrogen-bond donors (Lipinski definition) is 1. The molecule has 17 heavy (non-hydrogen) atoms. The van der Waals surface area contributed by atoms with Gasteiger partial charge in [-0.3, -0.25) is 0 Å². The van der Waals surface area contributed by atoms with Crippen LogP contribution in [0.4, 0.5) is 5.95 Å². The van der Waals surface area contributed by atoms with Gasteiger partial charge < -0.3 is 5.32 Å². The Morgan fingerprint density at radius 2 is 2.18 bits per heavy atom. The lowest BCUT2D eigenvalue weighted by atomic mass is 10.1. The van der Waals surface area contributed by atoms with Crippen molar-refractivity contribution in [1.29, 1.82) is 0 Å². The van der Waals surface area contributed by atoms with E-state index in [1.807, 2.05) is 25.3 Å². The van der Waals surface area contributed by atoms with Gasteiger partial charge in [-0.2, -0.15) is 10.1 Å². The molecule has 1 N–H and O–H groups in total. The summed E-state index contributed by atoms with van der Waals surface area (Å²) in [5.74, 6) is 1.83. The smallest absolute Gasteiger partial charge is 0.224 e. The second-order valence-electron chi connectivity index (χ2n) is 4.11. The van der Waals surface area contributed by atoms with Gasteiger partial charge in [-0.1, -0.05) is 13.8 Å². The van der Waals surface area contributed by atoms with Gasteiger partial charge in [0, 0.05) is 25.0 Å². The summed E-state index contributed by atoms with van der Waals surface area (Å²) >= 11 is 0. The maximum atomic E-state index is 4.48. The summed E-state index contributed by atoms with van der Waals surface area (Å²) in [4.78, 5) is 8.52. The van der Waals surface area contributed by atoms with Crippen LogP contribution in [-0.4, -0.2) is 26.3 Å². The lowest BCUT2D eigenvalue weighted by Crippen LogP contribution is -2.06. The average Bonchev–Trinajstić information content (AvgIpc) is 2.79. The van der Waals surface area contributed by atoms with Crippen LogP contribution in [0.25, 0.3) is 5.82 Å². The Balaban J connectivity index is 2.28. The molecule has 0 aliphatic carbocycles. The van der Waals surface area contributed by atoms with E-state index in [9.17, 15) is 0 Å². The van der Waals surface area contributed by atoms with E-state index < -0.39 is 0 Å². The van der Waals surface area contributed by atoms with Gasteiger partial charge in [0.15, 0.2) is 5.82 Å². The Kier molecular flexibility index (Phi) is 3.37. The summed E-state index contributed by atoms with van der Waals surface area (Å²) in [6.45, 7) is 7.06. The van der Waals surface area contributed by atoms with Crippen molar-refractivity contribution in [3.63, 3.8) is 0 Å². The molecule has 5 heteroatoms. The molecule has 0 atom stereocenters. The van der Waals surface area contributed by atoms with Gasteiger partial charge in [0.05, 0.1) is 5.69 Å². The summed E-state index contributed by atoms with van der Waals surface area (Å²) in [6.07, 6.45) is 3.66. The molecular weight excluding hydrogens is 214 g/mol. The number of aromatic nitrogens is 4. The molecule has 0 aliphatic heterocycles. The molecule has 0 unspecified atom stereocenters. The monoisotopic (exact) mass is 231 g/mol. The van der Waals surface area contributed by atoms with Crippen molar-refractivity contribution in [3.05, 3.63) is 30.2 Å². The lowest BCUT2D eigenvalue weighted by molar-refractivity contribution is 0.756. The fourth-order valence-corrected chi connectivity index (χ4v) is 1.49. The Morgan fingerprint density at radius 1 is 1.35 bits per heavy atom. The van der Waals surface area contributed by atoms with Crippen LogP contribution in [0.3, 0.4) is 0 Å². The van der Waals surface area contributed by atoms with Gasteiger partial charge in [0.25, 0.3) is 0 Å². The maximum Gasteiger partial charge on any atom is 0.224 e. The summed E-state index contributed by atoms with van der Waals surface area (Å²) in [5, 5.41) is 7.56. The number of anilines is 1. The highest BCUT2D eigenvalue weighted by molar-refractivity contribution is 5.31. The van der Waals surface area contributed by atoms with Gasteiger partial charge in [-0.15, -0.1) is 0 Å². The Hall–Kier alpha value is -1.91. The van der Waals surface area contributed by atoms with E-state index in [0.29, 0.717) is 11.9 Å². The Bertz CT molecular complexity index is 489. The molecule has 0 fully saturated rings. The number of nitrogens with zero attached hydrogens (tertiary/aromatic N) is 4. The first-order chi connectivity index (χ1) is 8.20. The van der Waals surface area contributed by atoms with Gasteiger partial charge in [-0.05, 0) is 18.9 Å². The highest BCUT2D eigenvalue weighted by atomic mass is 15.3. The molecule has 0 aromatic carbocycles. The van der Waals surface area contributed by atoms with Gasteiger partial charge in [-0.25, -0.2) is 9.67 Å². The molecular formula is C12H17N5. The first kappa shape index (κ1) is 11.6. The fourth-order valence-electron chi connectivity index (χ4n) is 1.49. The summed E-state index contributed by atoms with van der Waals surface area (Å²) in [5.41, 5.74) is 1.06. The van der Waals surface area contributed by atoms with Crippen LogP contribution in [0.15, 0.2) is 24.5 Å². The van der Waals surface area contributed by atoms with Crippen molar-refractivity contribution in [3.8, 4) is 5.82 Å². The van der Waals surface area contributed by atoms with E-state index in [2.05, 4.69) is 34.2 Å². The first-order valence-corrected chi connectivity index (χ1v) is 5.83. The predicted molar refractivity (Wildman–Crippen MR) is 67.4 cm³/mol. The maximum absolute atomic E-state index is 4.48. The van der Waals surface area contributed by atoms with Crippen LogP contribution in [0.1, 0.15) is 32.4 Å². The third kappa shape index (κ3) is 2.61. The molecule has 0 spiro atoms. The molecule has 2 heterocycles. The average molecular weight is 231 g/mol. The van der Waals surface area contributed by atoms with Crippen molar-refractivity contribution in [2.45, 2.75) is 26.7 Å². The Morgan fingerprint density at radius 3 is 2.82 bits per heavy atom. The fraction of sp³-hybridized carbons (Fsp3) is 0.417. The van der Waals surface area contributed by atoms with Crippen molar-refractivity contribution in [1.82, 2.24) is 19.7 Å². The van der Waals surface area contributed by atoms with E-state index in [-0.39, 0.29) is 0 Å². The van der Waals surface area contributed by atoms with Crippen molar-refractivity contribution in [2.75, 3.05) is 11.9 Å². The third-order valence-electron chi connectivity index (χ3n) is 2.41. The molecule has 0 saturated carbocycles. The van der Waals surface area contributed by atoms with Crippen molar-refractivity contribution < 1.29 is 0 Å². The molecule has 0 amide bonds. The molecule has 0 radical (unpaired) electrons. The standard InChI is InChI=1S/C12H17N5/c1-4-13-12-14-7-5-11(15-12)17-8-6-10(16-17)9(2)3/h5-9H,4H2,1-3H3,(H,13,14,15). The molecule has 2 aromatic rings. The summed E-state index contributed by atoms with van der Waals surface area (Å²) in [6, 6.07) is 3.86. The molecule has 0 bridgehead atoms. The predicted octanol–water partition coefficient (Wildman–Crippen LogP) is 2.22. The number of rotatable bonds is 4. The normalized spacial score (nSPS) is 10.8. The first-order valence-electron chi connectivity index (χ1n) is 5.83. The van der Waals surface area contributed by atoms with E-state index in [1.54, 1.807) is 10.9 Å². The molecule has 0 aliphatic rings. The van der Waals surface area contributed by atoms with Crippen LogP contribution in [0, 0.1) is 0 Å². The van der Waals surface area contributed by atoms with Gasteiger partial charge in [0.1, 0.15) is 0 Å². The zero-order valence-corrected chi connectivity index (χ0v) is 10.4. The molecule has 0 saturated heterocycles. The van der Waals surface area contributed by atoms with Crippen LogP contribution in [0.5, 0.6) is 0 Å². The lowest BCUT2D eigenvalue weighted by Gasteiger charge is -2.04. The topological polar surface area (TPSA) is 55.6 Å². The molecule has 2 aromatic heterocycles. The second-order valence-corrected chi connectivity index (χ2v) is 4.11. The van der Waals surface area contributed by atoms with Crippen LogP contribution in [0.2, 0.25) is 0 Å². The molecule has 2 rings (SSSR count). The van der Waals surface area contributed by atoms with Crippen LogP contribution in [-0.2, 0) is 0 Å². The second kappa shape index (κ2) is 4.95. The quantitative estimate of drug-likeness (QED) is 0.876. The SMILES string of the molecule is CCNc1nccc(-n2ccc(C(C)C)n2)n1. The minimum Gasteiger partial charge on any atom is -0.354 e. The molecule has 5 nitrogen and oxygen atoms in total. The number of nitrogens with one attached hydrogen (secondary N) is 1. The highest BCUT2D eigenvalue weighted by Gasteiger charge is 2.06. The van der Waals surface area contributed by atoms with Crippen molar-refractivity contribution >= 4 is 5.95 Å². The van der Waals surface area contributed by atoms with E-state index in [1.165, 1.54) is 0 Å². The minimum atomic E-state index is 0.423.